The number of carboxylic acids is 1. The van der Waals surface area contributed by atoms with Crippen molar-refractivity contribution in [1.82, 2.24) is 0 Å². The molecular formula is C21H26O5. The highest BCUT2D eigenvalue weighted by Crippen LogP contribution is 2.25. The number of hydrogen-bond donors (Lipinski definition) is 3. The molecule has 3 N–H and O–H groups in total. The second kappa shape index (κ2) is 10.3. The van der Waals surface area contributed by atoms with E-state index < -0.39 is 5.97 Å². The Kier molecular flexibility index (Phi) is 7.80. The molecule has 5 nitrogen and oxygen atoms in total. The van der Waals surface area contributed by atoms with Gasteiger partial charge in [-0.2, -0.15) is 0 Å². The number of phenols is 2. The summed E-state index contributed by atoms with van der Waals surface area (Å²) in [6, 6.07) is 11.5. The van der Waals surface area contributed by atoms with Crippen molar-refractivity contribution in [3.8, 4) is 17.2 Å². The first-order valence-electron chi connectivity index (χ1n) is 9.03. The lowest BCUT2D eigenvalue weighted by Crippen LogP contribution is -2.00. The summed E-state index contributed by atoms with van der Waals surface area (Å²) in [6.07, 6.45) is 7.41. The quantitative estimate of drug-likeness (QED) is 0.398. The maximum atomic E-state index is 10.9. The summed E-state index contributed by atoms with van der Waals surface area (Å²) in [4.78, 5) is 10.9. The summed E-state index contributed by atoms with van der Waals surface area (Å²) in [5.41, 5.74) is 1.28. The van der Waals surface area contributed by atoms with Crippen molar-refractivity contribution in [2.75, 3.05) is 6.61 Å². The molecular weight excluding hydrogens is 332 g/mol. The van der Waals surface area contributed by atoms with E-state index in [1.165, 1.54) is 6.07 Å². The maximum Gasteiger partial charge on any atom is 0.335 e. The van der Waals surface area contributed by atoms with E-state index >= 15 is 0 Å². The van der Waals surface area contributed by atoms with E-state index in [1.54, 1.807) is 30.3 Å². The van der Waals surface area contributed by atoms with Gasteiger partial charge in [-0.25, -0.2) is 4.79 Å². The molecule has 0 amide bonds. The van der Waals surface area contributed by atoms with Crippen LogP contribution in [0, 0.1) is 0 Å². The molecule has 0 saturated heterocycles. The second-order valence-electron chi connectivity index (χ2n) is 6.38. The van der Waals surface area contributed by atoms with Crippen molar-refractivity contribution >= 4 is 5.97 Å². The largest absolute Gasteiger partial charge is 0.504 e. The molecule has 0 unspecified atom stereocenters. The van der Waals surface area contributed by atoms with Gasteiger partial charge in [0.1, 0.15) is 5.75 Å². The van der Waals surface area contributed by atoms with Gasteiger partial charge < -0.3 is 20.1 Å². The van der Waals surface area contributed by atoms with Gasteiger partial charge >= 0.3 is 5.97 Å². The van der Waals surface area contributed by atoms with Gasteiger partial charge in [0.15, 0.2) is 11.5 Å². The van der Waals surface area contributed by atoms with Crippen LogP contribution >= 0.6 is 0 Å². The Labute approximate surface area is 153 Å². The molecule has 0 radical (unpaired) electrons. The fourth-order valence-corrected chi connectivity index (χ4v) is 2.77. The second-order valence-corrected chi connectivity index (χ2v) is 6.38. The predicted molar refractivity (Wildman–Crippen MR) is 100 cm³/mol. The summed E-state index contributed by atoms with van der Waals surface area (Å²) >= 11 is 0. The number of benzene rings is 2. The Morgan fingerprint density at radius 2 is 1.58 bits per heavy atom. The molecule has 0 aliphatic carbocycles. The zero-order chi connectivity index (χ0) is 18.8. The molecule has 0 spiro atoms. The number of aromatic hydroxyl groups is 2. The smallest absolute Gasteiger partial charge is 0.335 e. The fraction of sp³-hybridized carbons (Fsp3) is 0.381. The molecule has 0 aromatic heterocycles. The van der Waals surface area contributed by atoms with E-state index in [1.807, 2.05) is 6.07 Å². The SMILES string of the molecule is O=C(O)c1cccc(OCCCCCCCCc2ccc(O)c(O)c2)c1. The number of hydrogen-bond acceptors (Lipinski definition) is 4. The normalized spacial score (nSPS) is 10.6. The van der Waals surface area contributed by atoms with Crippen LogP contribution < -0.4 is 4.74 Å². The minimum atomic E-state index is -0.946. The van der Waals surface area contributed by atoms with Crippen molar-refractivity contribution in [1.29, 1.82) is 0 Å². The Balaban J connectivity index is 1.51. The van der Waals surface area contributed by atoms with E-state index in [4.69, 9.17) is 9.84 Å². The highest BCUT2D eigenvalue weighted by Gasteiger charge is 2.04. The number of phenolic OH excluding ortho intramolecular Hbond substituents is 2. The Hall–Kier alpha value is -2.69. The van der Waals surface area contributed by atoms with Crippen molar-refractivity contribution < 1.29 is 24.9 Å². The van der Waals surface area contributed by atoms with E-state index in [2.05, 4.69) is 0 Å². The molecule has 2 aromatic rings. The van der Waals surface area contributed by atoms with Gasteiger partial charge in [0.05, 0.1) is 12.2 Å². The van der Waals surface area contributed by atoms with Crippen LogP contribution in [0.25, 0.3) is 0 Å². The molecule has 26 heavy (non-hydrogen) atoms. The number of rotatable bonds is 11. The molecule has 2 rings (SSSR count). The van der Waals surface area contributed by atoms with E-state index in [0.29, 0.717) is 12.4 Å². The Morgan fingerprint density at radius 3 is 2.31 bits per heavy atom. The van der Waals surface area contributed by atoms with Crippen LogP contribution in [0.15, 0.2) is 42.5 Å². The molecule has 0 bridgehead atoms. The lowest BCUT2D eigenvalue weighted by molar-refractivity contribution is 0.0696. The van der Waals surface area contributed by atoms with Crippen LogP contribution in [0.4, 0.5) is 0 Å². The number of carbonyl (C=O) groups is 1. The van der Waals surface area contributed by atoms with Gasteiger partial charge in [-0.05, 0) is 55.2 Å². The summed E-state index contributed by atoms with van der Waals surface area (Å²) in [6.45, 7) is 0.593. The molecule has 0 atom stereocenters. The molecule has 2 aromatic carbocycles. The van der Waals surface area contributed by atoms with Crippen LogP contribution in [0.3, 0.4) is 0 Å². The summed E-state index contributed by atoms with van der Waals surface area (Å²) in [5, 5.41) is 27.7. The first-order valence-corrected chi connectivity index (χ1v) is 9.03. The lowest BCUT2D eigenvalue weighted by atomic mass is 10.0. The molecule has 0 saturated carbocycles. The van der Waals surface area contributed by atoms with Gasteiger partial charge in [0, 0.05) is 0 Å². The van der Waals surface area contributed by atoms with Crippen molar-refractivity contribution in [2.45, 2.75) is 44.9 Å². The fourth-order valence-electron chi connectivity index (χ4n) is 2.77. The monoisotopic (exact) mass is 358 g/mol. The summed E-state index contributed by atoms with van der Waals surface area (Å²) < 4.78 is 5.60. The molecule has 140 valence electrons. The average molecular weight is 358 g/mol. The minimum absolute atomic E-state index is 0.0589. The van der Waals surface area contributed by atoms with Gasteiger partial charge in [-0.3, -0.25) is 0 Å². The minimum Gasteiger partial charge on any atom is -0.504 e. The molecule has 5 heteroatoms. The van der Waals surface area contributed by atoms with Crippen LogP contribution in [0.1, 0.15) is 54.4 Å². The van der Waals surface area contributed by atoms with E-state index in [9.17, 15) is 15.0 Å². The van der Waals surface area contributed by atoms with Crippen molar-refractivity contribution in [2.24, 2.45) is 0 Å². The Morgan fingerprint density at radius 1 is 0.846 bits per heavy atom. The first-order chi connectivity index (χ1) is 12.6. The highest BCUT2D eigenvalue weighted by atomic mass is 16.5. The van der Waals surface area contributed by atoms with Crippen LogP contribution in [-0.2, 0) is 6.42 Å². The number of aryl methyl sites for hydroxylation is 1. The van der Waals surface area contributed by atoms with Crippen LogP contribution in [-0.4, -0.2) is 27.9 Å². The predicted octanol–water partition coefficient (Wildman–Crippen LogP) is 4.76. The first kappa shape index (κ1) is 19.6. The number of ether oxygens (including phenoxy) is 1. The zero-order valence-corrected chi connectivity index (χ0v) is 14.9. The third kappa shape index (κ3) is 6.67. The van der Waals surface area contributed by atoms with E-state index in [-0.39, 0.29) is 17.1 Å². The Bertz CT molecular complexity index is 711. The van der Waals surface area contributed by atoms with Gasteiger partial charge in [-0.15, -0.1) is 0 Å². The van der Waals surface area contributed by atoms with Crippen molar-refractivity contribution in [3.63, 3.8) is 0 Å². The number of aromatic carboxylic acids is 1. The topological polar surface area (TPSA) is 87.0 Å². The van der Waals surface area contributed by atoms with Gasteiger partial charge in [0.2, 0.25) is 0 Å². The third-order valence-electron chi connectivity index (χ3n) is 4.25. The summed E-state index contributed by atoms with van der Waals surface area (Å²) in [5.74, 6) is -0.484. The standard InChI is InChI=1S/C21H26O5/c22-19-12-11-16(14-20(19)23)8-5-3-1-2-4-6-13-26-18-10-7-9-17(15-18)21(24)25/h7,9-12,14-15,22-23H,1-6,8,13H2,(H,24,25). The highest BCUT2D eigenvalue weighted by molar-refractivity contribution is 5.87. The lowest BCUT2D eigenvalue weighted by Gasteiger charge is -2.07. The van der Waals surface area contributed by atoms with Crippen LogP contribution in [0.5, 0.6) is 17.2 Å². The molecule has 0 aliphatic rings. The maximum absolute atomic E-state index is 10.9. The third-order valence-corrected chi connectivity index (χ3v) is 4.25. The summed E-state index contributed by atoms with van der Waals surface area (Å²) in [7, 11) is 0. The van der Waals surface area contributed by atoms with E-state index in [0.717, 1.165) is 50.5 Å². The van der Waals surface area contributed by atoms with Crippen molar-refractivity contribution in [3.05, 3.63) is 53.6 Å². The molecule has 0 heterocycles. The zero-order valence-electron chi connectivity index (χ0n) is 14.9. The van der Waals surface area contributed by atoms with Gasteiger partial charge in [-0.1, -0.05) is 37.8 Å². The molecule has 0 aliphatic heterocycles. The number of unbranched alkanes of at least 4 members (excludes halogenated alkanes) is 5. The average Bonchev–Trinajstić information content (AvgIpc) is 2.63. The van der Waals surface area contributed by atoms with Crippen LogP contribution in [0.2, 0.25) is 0 Å². The molecule has 0 fully saturated rings. The number of carboxylic acid groups (broad SMARTS) is 1. The van der Waals surface area contributed by atoms with Gasteiger partial charge in [0.25, 0.3) is 0 Å².